The summed E-state index contributed by atoms with van der Waals surface area (Å²) in [6.07, 6.45) is 66.5. The van der Waals surface area contributed by atoms with E-state index in [2.05, 4.69) is 154 Å². The third-order valence-corrected chi connectivity index (χ3v) is 23.8. The molecule has 5 heterocycles. The van der Waals surface area contributed by atoms with Crippen LogP contribution in [0.15, 0.2) is 183 Å². The Labute approximate surface area is 776 Å². The van der Waals surface area contributed by atoms with E-state index in [0.29, 0.717) is 29.6 Å². The molecule has 5 atom stereocenters. The zero-order valence-electron chi connectivity index (χ0n) is 82.1. The van der Waals surface area contributed by atoms with Crippen LogP contribution in [0.3, 0.4) is 0 Å². The van der Waals surface area contributed by atoms with E-state index in [4.69, 9.17) is 23.7 Å². The molecule has 0 saturated heterocycles. The predicted molar refractivity (Wildman–Crippen MR) is 538 cm³/mol. The largest absolute Gasteiger partial charge is 0.494 e. The Bertz CT molecular complexity index is 4310. The minimum Gasteiger partial charge on any atom is -0.494 e. The molecule has 128 heavy (non-hydrogen) atoms. The summed E-state index contributed by atoms with van der Waals surface area (Å²) in [7, 11) is 0. The van der Waals surface area contributed by atoms with Crippen LogP contribution in [0.25, 0.3) is 56.9 Å². The maximum atomic E-state index is 5.88. The third-order valence-electron chi connectivity index (χ3n) is 23.8. The number of nitrogens with zero attached hydrogens (tertiary/aromatic N) is 10. The Morgan fingerprint density at radius 2 is 0.312 bits per heavy atom. The van der Waals surface area contributed by atoms with Crippen LogP contribution >= 0.6 is 0 Å². The second kappa shape index (κ2) is 67.7. The predicted octanol–water partition coefficient (Wildman–Crippen LogP) is 31.6. The number of rotatable bonds is 58. The van der Waals surface area contributed by atoms with Crippen molar-refractivity contribution < 1.29 is 23.7 Å². The average molecular weight is 1740 g/mol. The molecule has 0 bridgehead atoms. The summed E-state index contributed by atoms with van der Waals surface area (Å²) in [5.74, 6) is 11.9. The first-order valence-electron chi connectivity index (χ1n) is 50.3. The van der Waals surface area contributed by atoms with Gasteiger partial charge in [-0.3, -0.25) is 0 Å². The Balaban J connectivity index is 0.000000247. The molecule has 0 aliphatic carbocycles. The van der Waals surface area contributed by atoms with Crippen molar-refractivity contribution in [2.75, 3.05) is 33.0 Å². The van der Waals surface area contributed by atoms with Gasteiger partial charge in [-0.1, -0.05) is 284 Å². The lowest BCUT2D eigenvalue weighted by molar-refractivity contribution is 0.304. The van der Waals surface area contributed by atoms with E-state index >= 15 is 0 Å². The second-order valence-corrected chi connectivity index (χ2v) is 35.7. The number of aromatic nitrogens is 10. The van der Waals surface area contributed by atoms with E-state index in [1.54, 1.807) is 0 Å². The molecule has 0 aliphatic rings. The minimum atomic E-state index is 0.673. The first-order valence-corrected chi connectivity index (χ1v) is 50.3. The molecule has 0 saturated carbocycles. The normalized spacial score (nSPS) is 12.1. The molecule has 5 aromatic heterocycles. The van der Waals surface area contributed by atoms with Crippen molar-refractivity contribution >= 4 is 0 Å². The van der Waals surface area contributed by atoms with Gasteiger partial charge in [0.15, 0.2) is 29.1 Å². The first-order chi connectivity index (χ1) is 62.6. The Kier molecular flexibility index (Phi) is 56.7. The SMILES string of the molecule is CCCCCCCCCCOc1ccc(-c2ncc(CC(C)CC)cn2)cc1.CCCCCCCCCOc1ccc(-c2ncc(CC(C)CC)cn2)cc1.CCCCCCCCOc1ccc(-c2ncc(CC(C)CC)cn2)cc1.CCCCCCOc1ccc(-c2ncc(CC(C)CC)cn2)cc1.CCCCCOc1ccc(-c2ncc(CC(C)CC)cn2)cc1. The molecule has 0 radical (unpaired) electrons. The lowest BCUT2D eigenvalue weighted by Gasteiger charge is -2.09. The molecule has 0 spiro atoms. The van der Waals surface area contributed by atoms with Crippen LogP contribution in [0.5, 0.6) is 28.7 Å². The zero-order chi connectivity index (χ0) is 91.7. The molecule has 15 heteroatoms. The second-order valence-electron chi connectivity index (χ2n) is 35.7. The molecular formula is C113H166N10O5. The summed E-state index contributed by atoms with van der Waals surface area (Å²) in [6.45, 7) is 37.6. The van der Waals surface area contributed by atoms with Crippen molar-refractivity contribution in [3.63, 3.8) is 0 Å². The van der Waals surface area contributed by atoms with Crippen molar-refractivity contribution in [1.29, 1.82) is 0 Å². The molecule has 0 amide bonds. The summed E-state index contributed by atoms with van der Waals surface area (Å²) in [5.41, 5.74) is 11.2. The van der Waals surface area contributed by atoms with Crippen molar-refractivity contribution in [2.24, 2.45) is 29.6 Å². The van der Waals surface area contributed by atoms with Gasteiger partial charge in [-0.2, -0.15) is 0 Å². The van der Waals surface area contributed by atoms with Crippen LogP contribution in [0.4, 0.5) is 0 Å². The smallest absolute Gasteiger partial charge is 0.159 e. The monoisotopic (exact) mass is 1740 g/mol. The molecular weight excluding hydrogens is 1580 g/mol. The first kappa shape index (κ1) is 107. The molecule has 5 aromatic carbocycles. The van der Waals surface area contributed by atoms with E-state index in [9.17, 15) is 0 Å². The highest BCUT2D eigenvalue weighted by molar-refractivity contribution is 5.59. The van der Waals surface area contributed by atoms with Crippen LogP contribution in [-0.2, 0) is 32.1 Å². The Morgan fingerprint density at radius 1 is 0.180 bits per heavy atom. The van der Waals surface area contributed by atoms with E-state index < -0.39 is 0 Å². The maximum absolute atomic E-state index is 5.88. The molecule has 0 N–H and O–H groups in total. The molecule has 5 unspecified atom stereocenters. The Morgan fingerprint density at radius 3 is 0.469 bits per heavy atom. The van der Waals surface area contributed by atoms with Gasteiger partial charge in [-0.25, -0.2) is 49.8 Å². The summed E-state index contributed by atoms with van der Waals surface area (Å²) in [5, 5.41) is 0. The molecule has 15 nitrogen and oxygen atoms in total. The lowest BCUT2D eigenvalue weighted by Crippen LogP contribution is -2.00. The zero-order valence-corrected chi connectivity index (χ0v) is 82.1. The number of unbranched alkanes of at least 4 members (excludes halogenated alkanes) is 23. The van der Waals surface area contributed by atoms with Crippen molar-refractivity contribution in [3.05, 3.63) is 211 Å². The van der Waals surface area contributed by atoms with E-state index in [1.807, 2.05) is 183 Å². The van der Waals surface area contributed by atoms with Gasteiger partial charge < -0.3 is 23.7 Å². The van der Waals surface area contributed by atoms with Gasteiger partial charge in [0.05, 0.1) is 33.0 Å². The van der Waals surface area contributed by atoms with E-state index in [1.165, 1.54) is 208 Å². The fourth-order valence-corrected chi connectivity index (χ4v) is 14.3. The molecule has 0 fully saturated rings. The van der Waals surface area contributed by atoms with Gasteiger partial charge in [-0.15, -0.1) is 0 Å². The summed E-state index contributed by atoms with van der Waals surface area (Å²) >= 11 is 0. The molecule has 698 valence electrons. The number of ether oxygens (including phenoxy) is 5. The van der Waals surface area contributed by atoms with Crippen LogP contribution in [0.2, 0.25) is 0 Å². The van der Waals surface area contributed by atoms with Gasteiger partial charge in [0.1, 0.15) is 28.7 Å². The van der Waals surface area contributed by atoms with E-state index in [0.717, 1.165) is 183 Å². The summed E-state index contributed by atoms with van der Waals surface area (Å²) in [4.78, 5) is 45.2. The van der Waals surface area contributed by atoms with Crippen molar-refractivity contribution in [1.82, 2.24) is 49.8 Å². The van der Waals surface area contributed by atoms with Crippen LogP contribution in [-0.4, -0.2) is 82.9 Å². The van der Waals surface area contributed by atoms with E-state index in [-0.39, 0.29) is 0 Å². The number of hydrogen-bond acceptors (Lipinski definition) is 15. The number of benzene rings is 5. The maximum Gasteiger partial charge on any atom is 0.159 e. The fourth-order valence-electron chi connectivity index (χ4n) is 14.3. The van der Waals surface area contributed by atoms with Crippen molar-refractivity contribution in [2.45, 2.75) is 348 Å². The van der Waals surface area contributed by atoms with Crippen LogP contribution < -0.4 is 23.7 Å². The highest BCUT2D eigenvalue weighted by Crippen LogP contribution is 2.28. The topological polar surface area (TPSA) is 175 Å². The fraction of sp³-hybridized carbons (Fsp3) is 0.558. The summed E-state index contributed by atoms with van der Waals surface area (Å²) < 4.78 is 29.1. The Hall–Kier alpha value is -9.50. The average Bonchev–Trinajstić information content (AvgIpc) is 0.872. The molecule has 10 rings (SSSR count). The van der Waals surface area contributed by atoms with Crippen LogP contribution in [0.1, 0.15) is 344 Å². The summed E-state index contributed by atoms with van der Waals surface area (Å²) in [6, 6.07) is 40.5. The van der Waals surface area contributed by atoms with Gasteiger partial charge in [0.25, 0.3) is 0 Å². The minimum absolute atomic E-state index is 0.673. The van der Waals surface area contributed by atoms with Gasteiger partial charge >= 0.3 is 0 Å². The van der Waals surface area contributed by atoms with Gasteiger partial charge in [0, 0.05) is 89.8 Å². The van der Waals surface area contributed by atoms with Gasteiger partial charge in [0.2, 0.25) is 0 Å². The van der Waals surface area contributed by atoms with Gasteiger partial charge in [-0.05, 0) is 243 Å². The standard InChI is InChI=1S/C25H38N2O.C24H36N2O.C23H34N2O.C21H30N2O.C20H28N2O/c1-4-6-7-8-9-10-11-12-17-28-24-15-13-23(14-16-24)25-26-19-22(20-27-25)18-21(3)5-2;1-4-6-7-8-9-10-11-16-27-23-14-12-22(13-15-23)24-25-18-21(19-26-24)17-20(3)5-2;1-4-6-7-8-9-10-15-26-22-13-11-21(12-14-22)23-24-17-20(18-25-23)16-19(3)5-2;1-4-6-7-8-13-24-20-11-9-19(10-12-20)21-22-15-18(16-23-21)14-17(3)5-2;1-4-6-7-12-23-19-10-8-18(9-11-19)20-21-14-17(15-22-20)13-16(3)5-2/h13-16,19-21H,4-12,17-18H2,1-3H3;12-15,18-20H,4-11,16-17H2,1-3H3;11-14,17-19H,4-10,15-16H2,1-3H3;9-12,15-17H,4-8,13-14H2,1-3H3;8-11,14-16H,4-7,12-13H2,1-3H3. The van der Waals surface area contributed by atoms with Crippen LogP contribution in [0, 0.1) is 29.6 Å². The number of hydrogen-bond donors (Lipinski definition) is 0. The lowest BCUT2D eigenvalue weighted by atomic mass is 10.0. The highest BCUT2D eigenvalue weighted by Gasteiger charge is 2.13. The molecule has 0 aliphatic heterocycles. The third kappa shape index (κ3) is 46.2. The molecule has 10 aromatic rings. The quantitative estimate of drug-likeness (QED) is 0.0329. The highest BCUT2D eigenvalue weighted by atomic mass is 16.5. The van der Waals surface area contributed by atoms with Crippen molar-refractivity contribution in [3.8, 4) is 85.7 Å².